The lowest BCUT2D eigenvalue weighted by Crippen LogP contribution is -2.50. The van der Waals surface area contributed by atoms with Crippen LogP contribution in [0.25, 0.3) is 0 Å². The second-order valence-electron chi connectivity index (χ2n) is 3.44. The first-order chi connectivity index (χ1) is 5.88. The first-order valence-electron chi connectivity index (χ1n) is 3.87. The van der Waals surface area contributed by atoms with E-state index >= 15 is 0 Å². The SMILES string of the molecule is CC1(C(=O)O)CC(N)CN1C(=O)O. The molecule has 1 aliphatic rings. The van der Waals surface area contributed by atoms with Crippen LogP contribution in [0, 0.1) is 0 Å². The molecule has 0 aliphatic carbocycles. The fraction of sp³-hybridized carbons (Fsp3) is 0.714. The minimum atomic E-state index is -1.37. The normalized spacial score (nSPS) is 33.4. The van der Waals surface area contributed by atoms with Crippen molar-refractivity contribution in [2.45, 2.75) is 24.9 Å². The van der Waals surface area contributed by atoms with Crippen LogP contribution in [0.4, 0.5) is 4.79 Å². The van der Waals surface area contributed by atoms with E-state index in [2.05, 4.69) is 0 Å². The molecule has 0 aromatic rings. The molecule has 0 saturated carbocycles. The number of carbonyl (C=O) groups is 2. The molecule has 2 unspecified atom stereocenters. The Bertz CT molecular complexity index is 255. The second kappa shape index (κ2) is 2.88. The van der Waals surface area contributed by atoms with Gasteiger partial charge in [-0.2, -0.15) is 0 Å². The van der Waals surface area contributed by atoms with Crippen molar-refractivity contribution in [1.29, 1.82) is 0 Å². The second-order valence-corrected chi connectivity index (χ2v) is 3.44. The molecule has 0 aromatic carbocycles. The molecule has 74 valence electrons. The third kappa shape index (κ3) is 1.44. The fourth-order valence-corrected chi connectivity index (χ4v) is 1.61. The van der Waals surface area contributed by atoms with Gasteiger partial charge in [0, 0.05) is 12.6 Å². The lowest BCUT2D eigenvalue weighted by molar-refractivity contribution is -0.147. The van der Waals surface area contributed by atoms with Gasteiger partial charge in [0.15, 0.2) is 0 Å². The van der Waals surface area contributed by atoms with E-state index in [1.54, 1.807) is 0 Å². The third-order valence-electron chi connectivity index (χ3n) is 2.36. The van der Waals surface area contributed by atoms with Crippen molar-refractivity contribution >= 4 is 12.1 Å². The molecule has 1 amide bonds. The summed E-state index contributed by atoms with van der Waals surface area (Å²) in [5.74, 6) is -1.15. The molecule has 1 heterocycles. The summed E-state index contributed by atoms with van der Waals surface area (Å²) in [5, 5.41) is 17.6. The van der Waals surface area contributed by atoms with Gasteiger partial charge in [0.25, 0.3) is 0 Å². The molecule has 1 rings (SSSR count). The van der Waals surface area contributed by atoms with Crippen LogP contribution in [-0.2, 0) is 4.79 Å². The smallest absolute Gasteiger partial charge is 0.408 e. The number of likely N-dealkylation sites (tertiary alicyclic amines) is 1. The molecule has 1 saturated heterocycles. The fourth-order valence-electron chi connectivity index (χ4n) is 1.61. The van der Waals surface area contributed by atoms with E-state index in [9.17, 15) is 9.59 Å². The van der Waals surface area contributed by atoms with Crippen molar-refractivity contribution in [1.82, 2.24) is 4.90 Å². The van der Waals surface area contributed by atoms with Crippen molar-refractivity contribution in [3.8, 4) is 0 Å². The highest BCUT2D eigenvalue weighted by molar-refractivity contribution is 5.84. The van der Waals surface area contributed by atoms with Crippen molar-refractivity contribution in [2.75, 3.05) is 6.54 Å². The lowest BCUT2D eigenvalue weighted by Gasteiger charge is -2.27. The van der Waals surface area contributed by atoms with Gasteiger partial charge in [0.2, 0.25) is 0 Å². The van der Waals surface area contributed by atoms with Gasteiger partial charge in [-0.15, -0.1) is 0 Å². The molecule has 2 atom stereocenters. The number of hydrogen-bond donors (Lipinski definition) is 3. The molecule has 4 N–H and O–H groups in total. The van der Waals surface area contributed by atoms with Crippen molar-refractivity contribution in [2.24, 2.45) is 5.73 Å². The van der Waals surface area contributed by atoms with Crippen LogP contribution in [0.2, 0.25) is 0 Å². The Hall–Kier alpha value is -1.30. The maximum atomic E-state index is 10.8. The van der Waals surface area contributed by atoms with E-state index < -0.39 is 23.6 Å². The Morgan fingerprint density at radius 3 is 2.38 bits per heavy atom. The summed E-state index contributed by atoms with van der Waals surface area (Å²) in [4.78, 5) is 22.4. The highest BCUT2D eigenvalue weighted by atomic mass is 16.4. The molecule has 0 radical (unpaired) electrons. The maximum Gasteiger partial charge on any atom is 0.408 e. The highest BCUT2D eigenvalue weighted by Crippen LogP contribution is 2.28. The molecule has 0 spiro atoms. The van der Waals surface area contributed by atoms with E-state index in [0.29, 0.717) is 0 Å². The van der Waals surface area contributed by atoms with Gasteiger partial charge in [-0.3, -0.25) is 4.90 Å². The van der Waals surface area contributed by atoms with Crippen molar-refractivity contribution in [3.63, 3.8) is 0 Å². The average Bonchev–Trinajstić information content (AvgIpc) is 2.27. The van der Waals surface area contributed by atoms with Gasteiger partial charge < -0.3 is 15.9 Å². The number of carboxylic acids is 1. The van der Waals surface area contributed by atoms with E-state index in [-0.39, 0.29) is 13.0 Å². The Balaban J connectivity index is 2.95. The first-order valence-corrected chi connectivity index (χ1v) is 3.87. The third-order valence-corrected chi connectivity index (χ3v) is 2.36. The van der Waals surface area contributed by atoms with Crippen molar-refractivity contribution in [3.05, 3.63) is 0 Å². The molecule has 1 aliphatic heterocycles. The number of nitrogens with zero attached hydrogens (tertiary/aromatic N) is 1. The zero-order valence-corrected chi connectivity index (χ0v) is 7.23. The van der Waals surface area contributed by atoms with E-state index in [0.717, 1.165) is 4.90 Å². The van der Waals surface area contributed by atoms with Gasteiger partial charge in [-0.25, -0.2) is 9.59 Å². The quantitative estimate of drug-likeness (QED) is 0.516. The molecular formula is C7H12N2O4. The van der Waals surface area contributed by atoms with E-state index in [1.807, 2.05) is 0 Å². The van der Waals surface area contributed by atoms with Crippen LogP contribution in [0.5, 0.6) is 0 Å². The predicted molar refractivity (Wildman–Crippen MR) is 43.4 cm³/mol. The summed E-state index contributed by atoms with van der Waals surface area (Å²) in [6.07, 6.45) is -1.08. The zero-order chi connectivity index (χ0) is 10.2. The van der Waals surface area contributed by atoms with Crippen LogP contribution < -0.4 is 5.73 Å². The Morgan fingerprint density at radius 2 is 2.08 bits per heavy atom. The number of nitrogens with two attached hydrogens (primary N) is 1. The Kier molecular flexibility index (Phi) is 2.17. The lowest BCUT2D eigenvalue weighted by atomic mass is 9.98. The van der Waals surface area contributed by atoms with Gasteiger partial charge in [0.05, 0.1) is 0 Å². The number of aliphatic carboxylic acids is 1. The number of amides is 1. The topological polar surface area (TPSA) is 104 Å². The van der Waals surface area contributed by atoms with E-state index in [1.165, 1.54) is 6.92 Å². The summed E-state index contributed by atoms with van der Waals surface area (Å²) >= 11 is 0. The predicted octanol–water partition coefficient (Wildman–Crippen LogP) is -0.459. The van der Waals surface area contributed by atoms with Crippen LogP contribution in [0.15, 0.2) is 0 Å². The average molecular weight is 188 g/mol. The van der Waals surface area contributed by atoms with Gasteiger partial charge in [-0.05, 0) is 13.3 Å². The monoisotopic (exact) mass is 188 g/mol. The van der Waals surface area contributed by atoms with Gasteiger partial charge in [0.1, 0.15) is 5.54 Å². The number of rotatable bonds is 1. The van der Waals surface area contributed by atoms with Crippen molar-refractivity contribution < 1.29 is 19.8 Å². The first kappa shape index (κ1) is 9.79. The van der Waals surface area contributed by atoms with E-state index in [4.69, 9.17) is 15.9 Å². The summed E-state index contributed by atoms with van der Waals surface area (Å²) < 4.78 is 0. The number of carboxylic acid groups (broad SMARTS) is 2. The minimum absolute atomic E-state index is 0.0815. The molecule has 6 heteroatoms. The summed E-state index contributed by atoms with van der Waals surface area (Å²) in [6, 6.07) is -0.391. The Morgan fingerprint density at radius 1 is 1.54 bits per heavy atom. The standard InChI is InChI=1S/C7H12N2O4/c1-7(5(10)11)2-4(8)3-9(7)6(12)13/h4H,2-3,8H2,1H3,(H,10,11)(H,12,13). The molecule has 0 bridgehead atoms. The van der Waals surface area contributed by atoms with Crippen LogP contribution in [0.3, 0.4) is 0 Å². The largest absolute Gasteiger partial charge is 0.480 e. The summed E-state index contributed by atoms with van der Waals surface area (Å²) in [5.41, 5.74) is 4.14. The molecule has 6 nitrogen and oxygen atoms in total. The molecule has 0 aromatic heterocycles. The zero-order valence-electron chi connectivity index (χ0n) is 7.23. The molecule has 13 heavy (non-hydrogen) atoms. The summed E-state index contributed by atoms with van der Waals surface area (Å²) in [7, 11) is 0. The van der Waals surface area contributed by atoms with Crippen LogP contribution in [0.1, 0.15) is 13.3 Å². The van der Waals surface area contributed by atoms with Gasteiger partial charge in [-0.1, -0.05) is 0 Å². The minimum Gasteiger partial charge on any atom is -0.480 e. The summed E-state index contributed by atoms with van der Waals surface area (Å²) in [6.45, 7) is 1.45. The van der Waals surface area contributed by atoms with Gasteiger partial charge >= 0.3 is 12.1 Å². The maximum absolute atomic E-state index is 10.8. The number of hydrogen-bond acceptors (Lipinski definition) is 3. The molecule has 1 fully saturated rings. The highest BCUT2D eigenvalue weighted by Gasteiger charge is 2.49. The molecular weight excluding hydrogens is 176 g/mol. The Labute approximate surface area is 74.9 Å². The van der Waals surface area contributed by atoms with Crippen LogP contribution >= 0.6 is 0 Å². The van der Waals surface area contributed by atoms with Crippen LogP contribution in [-0.4, -0.2) is 45.3 Å².